The number of aromatic nitrogens is 3. The summed E-state index contributed by atoms with van der Waals surface area (Å²) in [5.74, 6) is 2.77. The molecule has 200 valence electrons. The number of ketones is 1. The number of rotatable bonds is 8. The van der Waals surface area contributed by atoms with Gasteiger partial charge in [0.05, 0.1) is 11.1 Å². The summed E-state index contributed by atoms with van der Waals surface area (Å²) >= 11 is 11.6. The number of allylic oxidation sites excluding steroid dienone is 2. The molecule has 38 heavy (non-hydrogen) atoms. The minimum absolute atomic E-state index is 0.118. The van der Waals surface area contributed by atoms with Crippen LogP contribution in [0.3, 0.4) is 0 Å². The third kappa shape index (κ3) is 5.33. The van der Waals surface area contributed by atoms with E-state index in [1.54, 1.807) is 11.8 Å². The number of hydrogen-bond acceptors (Lipinski definition) is 7. The van der Waals surface area contributed by atoms with Crippen LogP contribution in [0.25, 0.3) is 0 Å². The molecule has 2 heterocycles. The number of Topliss-reactive ketones (excluding diaryl/α,β-unsaturated/α-hetero) is 1. The molecule has 1 aromatic heterocycles. The second-order valence-electron chi connectivity index (χ2n) is 10.1. The number of benzene rings is 2. The van der Waals surface area contributed by atoms with E-state index >= 15 is 0 Å². The number of carbonyl (C=O) groups is 1. The topological polar surface area (TPSA) is 78.3 Å². The largest absolute Gasteiger partial charge is 0.490 e. The molecule has 0 spiro atoms. The Morgan fingerprint density at radius 2 is 2.00 bits per heavy atom. The molecule has 7 nitrogen and oxygen atoms in total. The fourth-order valence-electron chi connectivity index (χ4n) is 5.00. The zero-order valence-electron chi connectivity index (χ0n) is 21.8. The van der Waals surface area contributed by atoms with Crippen molar-refractivity contribution in [1.82, 2.24) is 14.8 Å². The van der Waals surface area contributed by atoms with E-state index in [1.165, 1.54) is 0 Å². The van der Waals surface area contributed by atoms with Crippen molar-refractivity contribution in [2.45, 2.75) is 58.3 Å². The van der Waals surface area contributed by atoms with Gasteiger partial charge in [-0.1, -0.05) is 62.3 Å². The summed E-state index contributed by atoms with van der Waals surface area (Å²) in [5.41, 5.74) is 3.26. The molecule has 1 N–H and O–H groups in total. The highest BCUT2D eigenvalue weighted by molar-refractivity contribution is 9.10. The molecule has 1 aliphatic carbocycles. The molecule has 1 unspecified atom stereocenters. The Kier molecular flexibility index (Phi) is 7.80. The van der Waals surface area contributed by atoms with Crippen LogP contribution in [-0.2, 0) is 11.4 Å². The average molecular weight is 618 g/mol. The normalized spacial score (nSPS) is 18.1. The number of hydrogen-bond donors (Lipinski definition) is 1. The molecular weight excluding hydrogens is 588 g/mol. The van der Waals surface area contributed by atoms with Crippen molar-refractivity contribution in [2.24, 2.45) is 5.41 Å². The summed E-state index contributed by atoms with van der Waals surface area (Å²) in [6.07, 6.45) is 1.23. The molecule has 1 aliphatic heterocycles. The summed E-state index contributed by atoms with van der Waals surface area (Å²) in [6, 6.07) is 11.1. The number of ether oxygens (including phenoxy) is 2. The van der Waals surface area contributed by atoms with E-state index in [9.17, 15) is 4.79 Å². The Bertz CT molecular complexity index is 1420. The van der Waals surface area contributed by atoms with Crippen molar-refractivity contribution >= 4 is 51.0 Å². The van der Waals surface area contributed by atoms with Crippen LogP contribution in [0.15, 0.2) is 57.3 Å². The highest BCUT2D eigenvalue weighted by Gasteiger charge is 2.42. The third-order valence-corrected chi connectivity index (χ3v) is 8.24. The maximum Gasteiger partial charge on any atom is 0.227 e. The van der Waals surface area contributed by atoms with Gasteiger partial charge < -0.3 is 14.8 Å². The van der Waals surface area contributed by atoms with Crippen molar-refractivity contribution < 1.29 is 14.3 Å². The number of nitrogens with one attached hydrogen (secondary N) is 1. The predicted octanol–water partition coefficient (Wildman–Crippen LogP) is 7.44. The van der Waals surface area contributed by atoms with Gasteiger partial charge in [-0.3, -0.25) is 4.79 Å². The first-order valence-corrected chi connectivity index (χ1v) is 14.8. The molecule has 1 atom stereocenters. The van der Waals surface area contributed by atoms with Crippen LogP contribution < -0.4 is 14.8 Å². The van der Waals surface area contributed by atoms with E-state index in [4.69, 9.17) is 31.2 Å². The van der Waals surface area contributed by atoms with Gasteiger partial charge in [0.1, 0.15) is 12.6 Å². The third-order valence-electron chi connectivity index (χ3n) is 6.56. The Morgan fingerprint density at radius 3 is 2.74 bits per heavy atom. The smallest absolute Gasteiger partial charge is 0.227 e. The van der Waals surface area contributed by atoms with E-state index in [0.29, 0.717) is 47.3 Å². The minimum atomic E-state index is -0.434. The summed E-state index contributed by atoms with van der Waals surface area (Å²) < 4.78 is 14.8. The van der Waals surface area contributed by atoms with Crippen molar-refractivity contribution in [3.05, 3.63) is 68.3 Å². The lowest BCUT2D eigenvalue weighted by Crippen LogP contribution is -2.36. The molecule has 0 radical (unpaired) electrons. The SMILES string of the molecule is CCOc1cc(C2C3=C(CC(C)(C)CC3=O)Nc3nc(SCC)nn32)cc(Br)c1OCc1ccccc1Cl. The van der Waals surface area contributed by atoms with Gasteiger partial charge in [-0.2, -0.15) is 4.98 Å². The van der Waals surface area contributed by atoms with Crippen LogP contribution in [0.1, 0.15) is 57.7 Å². The number of nitrogens with zero attached hydrogens (tertiary/aromatic N) is 3. The zero-order valence-corrected chi connectivity index (χ0v) is 25.0. The van der Waals surface area contributed by atoms with Gasteiger partial charge in [0.25, 0.3) is 0 Å². The van der Waals surface area contributed by atoms with Crippen LogP contribution in [0.2, 0.25) is 5.02 Å². The van der Waals surface area contributed by atoms with Crippen LogP contribution in [-0.4, -0.2) is 32.9 Å². The quantitative estimate of drug-likeness (QED) is 0.263. The number of halogens is 2. The molecule has 10 heteroatoms. The first kappa shape index (κ1) is 27.1. The number of fused-ring (bicyclic) bond motifs is 1. The Balaban J connectivity index is 1.59. The fraction of sp³-hybridized carbons (Fsp3) is 0.393. The fourth-order valence-corrected chi connectivity index (χ4v) is 6.32. The van der Waals surface area contributed by atoms with Gasteiger partial charge in [0.2, 0.25) is 11.1 Å². The van der Waals surface area contributed by atoms with E-state index in [2.05, 4.69) is 42.0 Å². The lowest BCUT2D eigenvalue weighted by atomic mass is 9.73. The van der Waals surface area contributed by atoms with E-state index in [-0.39, 0.29) is 11.2 Å². The molecular formula is C28H30BrClN4O3S. The molecule has 0 bridgehead atoms. The van der Waals surface area contributed by atoms with Crippen LogP contribution in [0.5, 0.6) is 11.5 Å². The monoisotopic (exact) mass is 616 g/mol. The maximum atomic E-state index is 13.6. The number of carbonyl (C=O) groups excluding carboxylic acids is 1. The number of anilines is 1. The van der Waals surface area contributed by atoms with E-state index in [1.807, 2.05) is 48.0 Å². The summed E-state index contributed by atoms with van der Waals surface area (Å²) in [4.78, 5) is 18.3. The highest BCUT2D eigenvalue weighted by Crippen LogP contribution is 2.48. The first-order chi connectivity index (χ1) is 18.2. The maximum absolute atomic E-state index is 13.6. The van der Waals surface area contributed by atoms with Crippen molar-refractivity contribution in [1.29, 1.82) is 0 Å². The Hall–Kier alpha value is -2.49. The van der Waals surface area contributed by atoms with E-state index < -0.39 is 6.04 Å². The van der Waals surface area contributed by atoms with Crippen molar-refractivity contribution in [3.63, 3.8) is 0 Å². The zero-order chi connectivity index (χ0) is 27.0. The summed E-state index contributed by atoms with van der Waals surface area (Å²) in [6.45, 7) is 8.99. The van der Waals surface area contributed by atoms with Gasteiger partial charge in [-0.15, -0.1) is 5.10 Å². The van der Waals surface area contributed by atoms with Crippen molar-refractivity contribution in [2.75, 3.05) is 17.7 Å². The Labute approximate surface area is 240 Å². The molecule has 0 saturated carbocycles. The Morgan fingerprint density at radius 1 is 1.21 bits per heavy atom. The second-order valence-corrected chi connectivity index (χ2v) is 12.6. The van der Waals surface area contributed by atoms with Crippen LogP contribution >= 0.6 is 39.3 Å². The van der Waals surface area contributed by atoms with Crippen LogP contribution in [0, 0.1) is 5.41 Å². The lowest BCUT2D eigenvalue weighted by Gasteiger charge is -2.38. The van der Waals surface area contributed by atoms with Gasteiger partial charge >= 0.3 is 0 Å². The molecule has 0 amide bonds. The standard InChI is InChI=1S/C28H30BrClN4O3S/c1-5-36-22-12-17(11-18(29)25(22)37-15-16-9-7-8-10-19(16)30)24-23-20(13-28(3,4)14-21(23)35)31-26-32-27(38-6-2)33-34(24)26/h7-12,24H,5-6,13-15H2,1-4H3,(H,31,32,33). The molecule has 2 aromatic carbocycles. The van der Waals surface area contributed by atoms with Crippen LogP contribution in [0.4, 0.5) is 5.95 Å². The van der Waals surface area contributed by atoms with Gasteiger partial charge in [-0.25, -0.2) is 4.68 Å². The van der Waals surface area contributed by atoms with Gasteiger partial charge in [-0.05, 0) is 64.2 Å². The molecule has 5 rings (SSSR count). The summed E-state index contributed by atoms with van der Waals surface area (Å²) in [5, 5.41) is 9.54. The van der Waals surface area contributed by atoms with Gasteiger partial charge in [0, 0.05) is 28.3 Å². The molecule has 0 saturated heterocycles. The predicted molar refractivity (Wildman–Crippen MR) is 154 cm³/mol. The molecule has 3 aromatic rings. The van der Waals surface area contributed by atoms with E-state index in [0.717, 1.165) is 39.0 Å². The van der Waals surface area contributed by atoms with Crippen molar-refractivity contribution in [3.8, 4) is 11.5 Å². The second kappa shape index (κ2) is 10.9. The molecule has 0 fully saturated rings. The minimum Gasteiger partial charge on any atom is -0.490 e. The first-order valence-electron chi connectivity index (χ1n) is 12.7. The molecule has 2 aliphatic rings. The summed E-state index contributed by atoms with van der Waals surface area (Å²) in [7, 11) is 0. The lowest BCUT2D eigenvalue weighted by molar-refractivity contribution is -0.118. The van der Waals surface area contributed by atoms with Gasteiger partial charge in [0.15, 0.2) is 17.3 Å². The number of thioether (sulfide) groups is 1. The highest BCUT2D eigenvalue weighted by atomic mass is 79.9. The average Bonchev–Trinajstić information content (AvgIpc) is 3.24.